The first-order chi connectivity index (χ1) is 9.15. The summed E-state index contributed by atoms with van der Waals surface area (Å²) in [4.78, 5) is 24.2. The van der Waals surface area contributed by atoms with Crippen molar-refractivity contribution in [2.75, 3.05) is 0 Å². The van der Waals surface area contributed by atoms with E-state index in [9.17, 15) is 9.59 Å². The van der Waals surface area contributed by atoms with Gasteiger partial charge in [-0.25, -0.2) is 4.79 Å². The Morgan fingerprint density at radius 2 is 1.42 bits per heavy atom. The maximum atomic E-state index is 12.4. The molecule has 2 aromatic rings. The molecule has 0 aliphatic rings. The van der Waals surface area contributed by atoms with Gasteiger partial charge in [0.2, 0.25) is 0 Å². The number of hydrogen-bond donors (Lipinski definition) is 2. The molecule has 96 valence electrons. The van der Waals surface area contributed by atoms with E-state index >= 15 is 0 Å². The van der Waals surface area contributed by atoms with Gasteiger partial charge in [0, 0.05) is 16.0 Å². The summed E-state index contributed by atoms with van der Waals surface area (Å²) in [5.41, 5.74) is 0.560. The molecule has 0 aromatic heterocycles. The molecule has 0 fully saturated rings. The minimum atomic E-state index is -1.12. The third-order valence-electron chi connectivity index (χ3n) is 2.66. The number of carbonyl (C=O) groups excluding carboxylic acids is 1. The highest BCUT2D eigenvalue weighted by Gasteiger charge is 2.19. The third-order valence-corrected chi connectivity index (χ3v) is 3.27. The zero-order valence-corrected chi connectivity index (χ0v) is 10.7. The fourth-order valence-corrected chi connectivity index (χ4v) is 2.21. The molecule has 0 heterocycles. The minimum absolute atomic E-state index is 0.00988. The highest BCUT2D eigenvalue weighted by molar-refractivity contribution is 7.97. The van der Waals surface area contributed by atoms with Gasteiger partial charge in [-0.05, 0) is 30.1 Å². The predicted molar refractivity (Wildman–Crippen MR) is 73.3 cm³/mol. The van der Waals surface area contributed by atoms with Gasteiger partial charge in [0.05, 0.1) is 5.56 Å². The summed E-state index contributed by atoms with van der Waals surface area (Å²) in [5, 5.41) is 14.6. The van der Waals surface area contributed by atoms with E-state index in [2.05, 4.69) is 0 Å². The molecule has 0 saturated heterocycles. The number of carbonyl (C=O) groups is 2. The Morgan fingerprint density at radius 1 is 0.895 bits per heavy atom. The first-order valence-corrected chi connectivity index (χ1v) is 6.36. The van der Waals surface area contributed by atoms with Crippen LogP contribution in [0.2, 0.25) is 0 Å². The second-order valence-electron chi connectivity index (χ2n) is 3.79. The molecule has 0 radical (unpaired) electrons. The summed E-state index contributed by atoms with van der Waals surface area (Å²) in [6, 6.07) is 13.0. The highest BCUT2D eigenvalue weighted by Crippen LogP contribution is 2.22. The minimum Gasteiger partial charge on any atom is -0.478 e. The van der Waals surface area contributed by atoms with E-state index in [1.807, 2.05) is 0 Å². The van der Waals surface area contributed by atoms with Crippen LogP contribution in [0.4, 0.5) is 0 Å². The van der Waals surface area contributed by atoms with Crippen LogP contribution in [0.1, 0.15) is 26.3 Å². The van der Waals surface area contributed by atoms with Crippen molar-refractivity contribution in [1.29, 1.82) is 0 Å². The van der Waals surface area contributed by atoms with Crippen molar-refractivity contribution in [3.05, 3.63) is 65.2 Å². The van der Waals surface area contributed by atoms with E-state index < -0.39 is 5.97 Å². The SMILES string of the molecule is NSc1ccccc1C(=O)c1ccccc1C(=O)O. The molecule has 0 unspecified atom stereocenters. The molecule has 0 atom stereocenters. The first-order valence-electron chi connectivity index (χ1n) is 5.48. The van der Waals surface area contributed by atoms with E-state index in [0.717, 1.165) is 11.9 Å². The molecular formula is C14H11NO3S. The van der Waals surface area contributed by atoms with Gasteiger partial charge >= 0.3 is 5.97 Å². The fourth-order valence-electron chi connectivity index (χ4n) is 1.77. The van der Waals surface area contributed by atoms with E-state index in [1.54, 1.807) is 36.4 Å². The summed E-state index contributed by atoms with van der Waals surface area (Å²) < 4.78 is 0. The van der Waals surface area contributed by atoms with Crippen LogP contribution in [0.25, 0.3) is 0 Å². The average Bonchev–Trinajstić information content (AvgIpc) is 2.46. The summed E-state index contributed by atoms with van der Waals surface area (Å²) in [6.07, 6.45) is 0. The van der Waals surface area contributed by atoms with Crippen molar-refractivity contribution >= 4 is 23.7 Å². The van der Waals surface area contributed by atoms with Crippen LogP contribution in [0.5, 0.6) is 0 Å². The van der Waals surface area contributed by atoms with Crippen LogP contribution in [0.15, 0.2) is 53.4 Å². The van der Waals surface area contributed by atoms with Crippen molar-refractivity contribution < 1.29 is 14.7 Å². The van der Waals surface area contributed by atoms with Crippen molar-refractivity contribution in [3.8, 4) is 0 Å². The number of nitrogens with two attached hydrogens (primary N) is 1. The molecule has 0 bridgehead atoms. The van der Waals surface area contributed by atoms with Gasteiger partial charge in [0.15, 0.2) is 5.78 Å². The lowest BCUT2D eigenvalue weighted by Crippen LogP contribution is -2.10. The second kappa shape index (κ2) is 5.69. The van der Waals surface area contributed by atoms with Gasteiger partial charge in [-0.2, -0.15) is 0 Å². The Balaban J connectivity index is 2.53. The maximum Gasteiger partial charge on any atom is 0.336 e. The van der Waals surface area contributed by atoms with E-state index in [1.165, 1.54) is 12.1 Å². The lowest BCUT2D eigenvalue weighted by Gasteiger charge is -2.08. The van der Waals surface area contributed by atoms with Gasteiger partial charge in [0.1, 0.15) is 0 Å². The van der Waals surface area contributed by atoms with Gasteiger partial charge < -0.3 is 5.11 Å². The van der Waals surface area contributed by atoms with E-state index in [4.69, 9.17) is 10.2 Å². The van der Waals surface area contributed by atoms with Gasteiger partial charge in [0.25, 0.3) is 0 Å². The number of benzene rings is 2. The summed E-state index contributed by atoms with van der Waals surface area (Å²) in [6.45, 7) is 0. The monoisotopic (exact) mass is 273 g/mol. The van der Waals surface area contributed by atoms with Crippen LogP contribution in [-0.4, -0.2) is 16.9 Å². The lowest BCUT2D eigenvalue weighted by molar-refractivity contribution is 0.0692. The Morgan fingerprint density at radius 3 is 2.00 bits per heavy atom. The average molecular weight is 273 g/mol. The molecule has 3 N–H and O–H groups in total. The second-order valence-corrected chi connectivity index (χ2v) is 4.47. The fraction of sp³-hybridized carbons (Fsp3) is 0. The first kappa shape index (κ1) is 13.3. The van der Waals surface area contributed by atoms with Crippen molar-refractivity contribution in [2.45, 2.75) is 4.90 Å². The molecule has 19 heavy (non-hydrogen) atoms. The van der Waals surface area contributed by atoms with Crippen LogP contribution in [0.3, 0.4) is 0 Å². The Bertz CT molecular complexity index is 640. The van der Waals surface area contributed by atoms with Gasteiger partial charge in [-0.15, -0.1) is 0 Å². The Kier molecular flexibility index (Phi) is 3.99. The molecule has 4 nitrogen and oxygen atoms in total. The topological polar surface area (TPSA) is 80.4 Å². The number of carboxylic acids is 1. The van der Waals surface area contributed by atoms with E-state index in [0.29, 0.717) is 10.5 Å². The van der Waals surface area contributed by atoms with Gasteiger partial charge in [-0.3, -0.25) is 9.93 Å². The zero-order chi connectivity index (χ0) is 13.8. The molecule has 0 amide bonds. The molecular weight excluding hydrogens is 262 g/mol. The Hall–Kier alpha value is -2.11. The molecule has 5 heteroatoms. The molecule has 0 aliphatic carbocycles. The highest BCUT2D eigenvalue weighted by atomic mass is 32.2. The Labute approximate surface area is 114 Å². The maximum absolute atomic E-state index is 12.4. The smallest absolute Gasteiger partial charge is 0.336 e. The zero-order valence-electron chi connectivity index (χ0n) is 9.87. The summed E-state index contributed by atoms with van der Waals surface area (Å²) in [7, 11) is 0. The number of ketones is 1. The van der Waals surface area contributed by atoms with Crippen LogP contribution >= 0.6 is 11.9 Å². The number of carboxylic acid groups (broad SMARTS) is 1. The van der Waals surface area contributed by atoms with Crippen molar-refractivity contribution in [1.82, 2.24) is 0 Å². The summed E-state index contributed by atoms with van der Waals surface area (Å²) >= 11 is 0.964. The summed E-state index contributed by atoms with van der Waals surface area (Å²) in [5.74, 6) is -1.46. The lowest BCUT2D eigenvalue weighted by atomic mass is 9.98. The quantitative estimate of drug-likeness (QED) is 0.661. The van der Waals surface area contributed by atoms with Gasteiger partial charge in [-0.1, -0.05) is 30.3 Å². The molecule has 2 rings (SSSR count). The third kappa shape index (κ3) is 2.67. The number of hydrogen-bond acceptors (Lipinski definition) is 4. The predicted octanol–water partition coefficient (Wildman–Crippen LogP) is 2.58. The van der Waals surface area contributed by atoms with Crippen LogP contribution in [-0.2, 0) is 0 Å². The van der Waals surface area contributed by atoms with Crippen molar-refractivity contribution in [2.24, 2.45) is 5.14 Å². The standard InChI is InChI=1S/C14H11NO3S/c15-19-12-8-4-3-7-11(12)13(16)9-5-1-2-6-10(9)14(17)18/h1-8H,15H2,(H,17,18). The molecule has 2 aromatic carbocycles. The largest absolute Gasteiger partial charge is 0.478 e. The van der Waals surface area contributed by atoms with Crippen LogP contribution < -0.4 is 5.14 Å². The van der Waals surface area contributed by atoms with Crippen molar-refractivity contribution in [3.63, 3.8) is 0 Å². The number of aromatic carboxylic acids is 1. The van der Waals surface area contributed by atoms with E-state index in [-0.39, 0.29) is 16.9 Å². The molecule has 0 aliphatic heterocycles. The number of rotatable bonds is 4. The normalized spacial score (nSPS) is 10.2. The van der Waals surface area contributed by atoms with Crippen LogP contribution in [0, 0.1) is 0 Å². The molecule has 0 saturated carbocycles. The molecule has 0 spiro atoms.